The lowest BCUT2D eigenvalue weighted by atomic mass is 9.92. The number of nitrogens with zero attached hydrogens (tertiary/aromatic N) is 7. The van der Waals surface area contributed by atoms with Gasteiger partial charge in [-0.2, -0.15) is 17.8 Å². The van der Waals surface area contributed by atoms with Gasteiger partial charge >= 0.3 is 0 Å². The Morgan fingerprint density at radius 3 is 2.71 bits per heavy atom. The van der Waals surface area contributed by atoms with E-state index in [1.54, 1.807) is 6.07 Å². The third-order valence-corrected chi connectivity index (χ3v) is 6.41. The summed E-state index contributed by atoms with van der Waals surface area (Å²) in [5.41, 5.74) is 0.326. The number of alkyl halides is 2. The smallest absolute Gasteiger partial charge is 0.282 e. The second kappa shape index (κ2) is 7.12. The number of hydrogen-bond acceptors (Lipinski definition) is 8. The van der Waals surface area contributed by atoms with E-state index in [0.29, 0.717) is 35.9 Å². The number of morpholine rings is 1. The molecule has 0 atom stereocenters. The molecule has 5 rings (SSSR count). The van der Waals surface area contributed by atoms with Crippen molar-refractivity contribution >= 4 is 21.7 Å². The van der Waals surface area contributed by atoms with Gasteiger partial charge in [0.1, 0.15) is 29.1 Å². The normalized spacial score (nSPS) is 19.3. The van der Waals surface area contributed by atoms with E-state index in [1.165, 1.54) is 33.5 Å². The van der Waals surface area contributed by atoms with E-state index >= 15 is 0 Å². The van der Waals surface area contributed by atoms with Crippen molar-refractivity contribution in [1.29, 1.82) is 0 Å². The minimum absolute atomic E-state index is 0.174. The Hall–Kier alpha value is -2.81. The van der Waals surface area contributed by atoms with Gasteiger partial charge in [-0.3, -0.25) is 0 Å². The number of fused-ring (bicyclic) bond motifs is 1. The first-order chi connectivity index (χ1) is 14.7. The van der Waals surface area contributed by atoms with Crippen molar-refractivity contribution in [3.05, 3.63) is 36.4 Å². The second-order valence-electron chi connectivity index (χ2n) is 7.50. The number of imidazole rings is 1. The zero-order valence-corrected chi connectivity index (χ0v) is 16.9. The third kappa shape index (κ3) is 3.60. The first-order valence-corrected chi connectivity index (χ1v) is 10.9. The van der Waals surface area contributed by atoms with Gasteiger partial charge in [0.2, 0.25) is 0 Å². The van der Waals surface area contributed by atoms with Gasteiger partial charge in [0, 0.05) is 19.2 Å². The lowest BCUT2D eigenvalue weighted by Gasteiger charge is -2.53. The Bertz CT molecular complexity index is 1250. The van der Waals surface area contributed by atoms with Crippen LogP contribution in [0.2, 0.25) is 0 Å². The van der Waals surface area contributed by atoms with E-state index in [4.69, 9.17) is 9.88 Å². The fourth-order valence-corrected chi connectivity index (χ4v) is 4.61. The van der Waals surface area contributed by atoms with E-state index < -0.39 is 22.2 Å². The zero-order chi connectivity index (χ0) is 21.8. The zero-order valence-electron chi connectivity index (χ0n) is 16.1. The predicted octanol–water partition coefficient (Wildman–Crippen LogP) is 0.218. The molecule has 2 fully saturated rings. The summed E-state index contributed by atoms with van der Waals surface area (Å²) in [7, 11) is -3.78. The quantitative estimate of drug-likeness (QED) is 0.595. The van der Waals surface area contributed by atoms with Gasteiger partial charge in [-0.15, -0.1) is 0 Å². The second-order valence-corrected chi connectivity index (χ2v) is 9.05. The molecule has 0 aromatic carbocycles. The van der Waals surface area contributed by atoms with Crippen molar-refractivity contribution in [1.82, 2.24) is 28.9 Å². The minimum Gasteiger partial charge on any atom is -0.369 e. The largest absolute Gasteiger partial charge is 0.369 e. The molecule has 0 unspecified atom stereocenters. The molecule has 0 aliphatic carbocycles. The molecule has 14 heteroatoms. The highest BCUT2D eigenvalue weighted by molar-refractivity contribution is 7.86. The van der Waals surface area contributed by atoms with Crippen LogP contribution in [0.4, 0.5) is 14.6 Å². The summed E-state index contributed by atoms with van der Waals surface area (Å²) < 4.78 is 57.8. The molecule has 3 aromatic heterocycles. The molecule has 11 nitrogen and oxygen atoms in total. The van der Waals surface area contributed by atoms with Gasteiger partial charge in [-0.05, 0) is 12.1 Å². The molecule has 2 aliphatic rings. The lowest BCUT2D eigenvalue weighted by molar-refractivity contribution is -0.105. The fourth-order valence-electron chi connectivity index (χ4n) is 3.87. The van der Waals surface area contributed by atoms with Crippen molar-refractivity contribution in [2.24, 2.45) is 5.14 Å². The van der Waals surface area contributed by atoms with Gasteiger partial charge in [-0.25, -0.2) is 33.4 Å². The number of nitrogens with two attached hydrogens (primary N) is 1. The molecule has 3 aromatic rings. The van der Waals surface area contributed by atoms with Crippen LogP contribution in [0, 0.1) is 0 Å². The highest BCUT2D eigenvalue weighted by atomic mass is 32.2. The molecule has 164 valence electrons. The van der Waals surface area contributed by atoms with Crippen LogP contribution in [0.5, 0.6) is 0 Å². The first kappa shape index (κ1) is 20.1. The molecule has 2 saturated heterocycles. The Balaban J connectivity index is 1.39. The molecular formula is C17H18F2N8O3S. The molecule has 31 heavy (non-hydrogen) atoms. The average Bonchev–Trinajstić information content (AvgIpc) is 3.15. The molecule has 2 N–H and O–H groups in total. The number of ether oxygens (including phenoxy) is 1. The van der Waals surface area contributed by atoms with Crippen LogP contribution < -0.4 is 10.0 Å². The summed E-state index contributed by atoms with van der Waals surface area (Å²) in [5.74, 6) is 0.590. The van der Waals surface area contributed by atoms with E-state index in [0.717, 1.165) is 0 Å². The highest BCUT2D eigenvalue weighted by Crippen LogP contribution is 2.34. The molecule has 0 saturated carbocycles. The summed E-state index contributed by atoms with van der Waals surface area (Å²) in [6.07, 6.45) is 0.171. The van der Waals surface area contributed by atoms with Gasteiger partial charge in [0.15, 0.2) is 5.65 Å². The molecular weight excluding hydrogens is 434 g/mol. The van der Waals surface area contributed by atoms with Crippen molar-refractivity contribution in [2.45, 2.75) is 12.0 Å². The van der Waals surface area contributed by atoms with Gasteiger partial charge in [0.05, 0.1) is 31.6 Å². The average molecular weight is 452 g/mol. The number of halogens is 2. The maximum Gasteiger partial charge on any atom is 0.282 e. The van der Waals surface area contributed by atoms with Gasteiger partial charge in [0.25, 0.3) is 16.6 Å². The summed E-state index contributed by atoms with van der Waals surface area (Å²) in [6, 6.07) is 4.40. The van der Waals surface area contributed by atoms with E-state index in [9.17, 15) is 17.2 Å². The van der Waals surface area contributed by atoms with E-state index in [2.05, 4.69) is 20.1 Å². The first-order valence-electron chi connectivity index (χ1n) is 9.36. The maximum absolute atomic E-state index is 13.0. The topological polar surface area (TPSA) is 132 Å². The molecule has 0 amide bonds. The molecule has 0 radical (unpaired) electrons. The van der Waals surface area contributed by atoms with Crippen LogP contribution in [0.15, 0.2) is 30.7 Å². The molecule has 2 aliphatic heterocycles. The number of aromatic nitrogens is 5. The van der Waals surface area contributed by atoms with Crippen molar-refractivity contribution < 1.29 is 21.9 Å². The number of hydrogen-bond donors (Lipinski definition) is 1. The standard InChI is InChI=1S/C17H18F2N8O3S/c18-16(19)11-1-2-14-21-6-13(27(14)24-11)12-5-15(23-10-22-12)25-7-17(8-25)9-26(3-4-30-17)31(20,28)29/h1-2,5-6,10,16H,3-4,7-9H2,(H2,20,28,29). The summed E-state index contributed by atoms with van der Waals surface area (Å²) in [4.78, 5) is 14.6. The van der Waals surface area contributed by atoms with Crippen LogP contribution in [0.3, 0.4) is 0 Å². The Kier molecular flexibility index (Phi) is 4.62. The van der Waals surface area contributed by atoms with Crippen LogP contribution in [0.1, 0.15) is 12.1 Å². The Labute approximate surface area is 175 Å². The molecule has 1 spiro atoms. The van der Waals surface area contributed by atoms with Crippen LogP contribution in [-0.4, -0.2) is 75.7 Å². The monoisotopic (exact) mass is 452 g/mol. The Morgan fingerprint density at radius 1 is 1.16 bits per heavy atom. The fraction of sp³-hybridized carbons (Fsp3) is 0.412. The van der Waals surface area contributed by atoms with Crippen molar-refractivity contribution in [3.63, 3.8) is 0 Å². The summed E-state index contributed by atoms with van der Waals surface area (Å²) in [6.45, 7) is 1.51. The summed E-state index contributed by atoms with van der Waals surface area (Å²) >= 11 is 0. The maximum atomic E-state index is 13.0. The van der Waals surface area contributed by atoms with Crippen LogP contribution in [-0.2, 0) is 14.9 Å². The van der Waals surface area contributed by atoms with E-state index in [1.807, 2.05) is 4.90 Å². The SMILES string of the molecule is NS(=O)(=O)N1CCOC2(CN(c3cc(-c4cnc5ccc(C(F)F)nn45)ncn3)C2)C1. The third-order valence-electron chi connectivity index (χ3n) is 5.38. The minimum atomic E-state index is -3.78. The predicted molar refractivity (Wildman–Crippen MR) is 105 cm³/mol. The molecule has 5 heterocycles. The molecule has 0 bridgehead atoms. The van der Waals surface area contributed by atoms with E-state index in [-0.39, 0.29) is 25.4 Å². The number of anilines is 1. The van der Waals surface area contributed by atoms with Gasteiger partial charge in [-0.1, -0.05) is 0 Å². The number of rotatable bonds is 4. The van der Waals surface area contributed by atoms with Crippen molar-refractivity contribution in [3.8, 4) is 11.4 Å². The van der Waals surface area contributed by atoms with Crippen LogP contribution in [0.25, 0.3) is 17.0 Å². The van der Waals surface area contributed by atoms with Crippen molar-refractivity contribution in [2.75, 3.05) is 37.7 Å². The summed E-state index contributed by atoms with van der Waals surface area (Å²) in [5, 5.41) is 9.21. The Morgan fingerprint density at radius 2 is 1.97 bits per heavy atom. The lowest BCUT2D eigenvalue weighted by Crippen LogP contribution is -2.71. The van der Waals surface area contributed by atoms with Gasteiger partial charge < -0.3 is 9.64 Å². The highest BCUT2D eigenvalue weighted by Gasteiger charge is 2.49. The van der Waals surface area contributed by atoms with Crippen LogP contribution >= 0.6 is 0 Å².